The van der Waals surface area contributed by atoms with E-state index < -0.39 is 0 Å². The highest BCUT2D eigenvalue weighted by Crippen LogP contribution is 2.27. The zero-order valence-electron chi connectivity index (χ0n) is 16.5. The van der Waals surface area contributed by atoms with Crippen molar-refractivity contribution in [1.29, 1.82) is 0 Å². The quantitative estimate of drug-likeness (QED) is 0.418. The van der Waals surface area contributed by atoms with Crippen LogP contribution in [0.25, 0.3) is 10.9 Å². The van der Waals surface area contributed by atoms with E-state index in [4.69, 9.17) is 28.6 Å². The first kappa shape index (κ1) is 20.8. The molecular weight excluding hydrogens is 434 g/mol. The molecule has 1 amide bonds. The van der Waals surface area contributed by atoms with Crippen molar-refractivity contribution in [3.63, 3.8) is 0 Å². The molecule has 1 heterocycles. The van der Waals surface area contributed by atoms with Crippen LogP contribution in [-0.2, 0) is 6.54 Å². The second kappa shape index (κ2) is 8.75. The number of benzene rings is 3. The first-order chi connectivity index (χ1) is 15.0. The van der Waals surface area contributed by atoms with E-state index in [9.17, 15) is 9.59 Å². The number of carbonyl (C=O) groups excluding carboxylic acids is 1. The van der Waals surface area contributed by atoms with E-state index in [2.05, 4.69) is 10.3 Å². The molecule has 0 aliphatic heterocycles. The van der Waals surface area contributed by atoms with Gasteiger partial charge in [0.1, 0.15) is 5.75 Å². The zero-order chi connectivity index (χ0) is 22.0. The molecule has 0 unspecified atom stereocenters. The Morgan fingerprint density at radius 3 is 2.61 bits per heavy atom. The van der Waals surface area contributed by atoms with Crippen LogP contribution >= 0.6 is 23.8 Å². The summed E-state index contributed by atoms with van der Waals surface area (Å²) in [5.41, 5.74) is 2.17. The van der Waals surface area contributed by atoms with Gasteiger partial charge in [-0.05, 0) is 54.2 Å². The third kappa shape index (κ3) is 4.38. The first-order valence-electron chi connectivity index (χ1n) is 9.42. The average molecular weight is 452 g/mol. The summed E-state index contributed by atoms with van der Waals surface area (Å²) in [5.74, 6) is 0.181. The number of hydrogen-bond donors (Lipinski definition) is 2. The minimum absolute atomic E-state index is 0.212. The van der Waals surface area contributed by atoms with Gasteiger partial charge in [0.2, 0.25) is 0 Å². The summed E-state index contributed by atoms with van der Waals surface area (Å²) >= 11 is 11.5. The number of ether oxygens (including phenoxy) is 1. The van der Waals surface area contributed by atoms with Crippen molar-refractivity contribution in [2.75, 3.05) is 12.4 Å². The zero-order valence-corrected chi connectivity index (χ0v) is 18.1. The summed E-state index contributed by atoms with van der Waals surface area (Å²) in [7, 11) is 1.52. The summed E-state index contributed by atoms with van der Waals surface area (Å²) < 4.78 is 6.92. The highest BCUT2D eigenvalue weighted by atomic mass is 35.5. The third-order valence-electron chi connectivity index (χ3n) is 4.84. The summed E-state index contributed by atoms with van der Waals surface area (Å²) in [5, 5.41) is 3.63. The van der Waals surface area contributed by atoms with Crippen LogP contribution < -0.4 is 15.6 Å². The smallest absolute Gasteiger partial charge is 0.262 e. The Labute approximate surface area is 188 Å². The normalized spacial score (nSPS) is 10.8. The second-order valence-corrected chi connectivity index (χ2v) is 7.66. The molecular formula is C23H18ClN3O3S. The van der Waals surface area contributed by atoms with Crippen LogP contribution in [0.5, 0.6) is 5.75 Å². The van der Waals surface area contributed by atoms with Gasteiger partial charge in [-0.25, -0.2) is 0 Å². The van der Waals surface area contributed by atoms with Crippen molar-refractivity contribution in [2.45, 2.75) is 6.54 Å². The summed E-state index contributed by atoms with van der Waals surface area (Å²) in [6.07, 6.45) is 0. The van der Waals surface area contributed by atoms with Gasteiger partial charge in [-0.2, -0.15) is 0 Å². The van der Waals surface area contributed by atoms with Gasteiger partial charge in [0.15, 0.2) is 4.77 Å². The SMILES string of the molecule is COc1ccc(NC(=O)c2ccc3c(=O)n(Cc4ccccc4)c(=S)[nH]c3c2)cc1Cl. The maximum Gasteiger partial charge on any atom is 0.262 e. The number of methoxy groups -OCH3 is 1. The van der Waals surface area contributed by atoms with Crippen LogP contribution in [0.4, 0.5) is 5.69 Å². The fraction of sp³-hybridized carbons (Fsp3) is 0.0870. The number of hydrogen-bond acceptors (Lipinski definition) is 4. The molecule has 0 saturated carbocycles. The van der Waals surface area contributed by atoms with E-state index in [1.54, 1.807) is 36.4 Å². The Hall–Kier alpha value is -3.42. The van der Waals surface area contributed by atoms with Gasteiger partial charge in [0.05, 0.1) is 29.6 Å². The van der Waals surface area contributed by atoms with E-state index in [-0.39, 0.29) is 11.5 Å². The molecule has 4 aromatic rings. The Bertz CT molecular complexity index is 1400. The van der Waals surface area contributed by atoms with Gasteiger partial charge in [-0.3, -0.25) is 14.2 Å². The summed E-state index contributed by atoms with van der Waals surface area (Å²) in [6.45, 7) is 0.366. The van der Waals surface area contributed by atoms with Crippen molar-refractivity contribution < 1.29 is 9.53 Å². The van der Waals surface area contributed by atoms with E-state index in [1.165, 1.54) is 11.7 Å². The predicted octanol–water partition coefficient (Wildman–Crippen LogP) is 5.02. The maximum absolute atomic E-state index is 13.0. The highest BCUT2D eigenvalue weighted by Gasteiger charge is 2.12. The van der Waals surface area contributed by atoms with Crippen LogP contribution in [-0.4, -0.2) is 22.6 Å². The number of aromatic amines is 1. The second-order valence-electron chi connectivity index (χ2n) is 6.87. The van der Waals surface area contributed by atoms with Gasteiger partial charge in [0.25, 0.3) is 11.5 Å². The van der Waals surface area contributed by atoms with Crippen LogP contribution in [0.2, 0.25) is 5.02 Å². The largest absolute Gasteiger partial charge is 0.495 e. The Kier molecular flexibility index (Phi) is 5.88. The number of halogens is 1. The van der Waals surface area contributed by atoms with Crippen molar-refractivity contribution in [1.82, 2.24) is 9.55 Å². The van der Waals surface area contributed by atoms with Gasteiger partial charge in [0, 0.05) is 11.3 Å². The van der Waals surface area contributed by atoms with E-state index in [1.807, 2.05) is 30.3 Å². The topological polar surface area (TPSA) is 76.1 Å². The van der Waals surface area contributed by atoms with Crippen molar-refractivity contribution in [2.24, 2.45) is 0 Å². The van der Waals surface area contributed by atoms with Crippen molar-refractivity contribution in [3.05, 3.63) is 98.0 Å². The number of amides is 1. The molecule has 1 aromatic heterocycles. The molecule has 156 valence electrons. The minimum atomic E-state index is -0.337. The molecule has 2 N–H and O–H groups in total. The molecule has 3 aromatic carbocycles. The van der Waals surface area contributed by atoms with E-state index in [0.717, 1.165) is 5.56 Å². The number of nitrogens with zero attached hydrogens (tertiary/aromatic N) is 1. The Morgan fingerprint density at radius 2 is 1.90 bits per heavy atom. The minimum Gasteiger partial charge on any atom is -0.495 e. The Morgan fingerprint density at radius 1 is 1.13 bits per heavy atom. The van der Waals surface area contributed by atoms with Crippen molar-refractivity contribution in [3.8, 4) is 5.75 Å². The molecule has 0 spiro atoms. The molecule has 6 nitrogen and oxygen atoms in total. The molecule has 4 rings (SSSR count). The molecule has 31 heavy (non-hydrogen) atoms. The molecule has 0 aliphatic carbocycles. The number of carbonyl (C=O) groups is 1. The lowest BCUT2D eigenvalue weighted by Gasteiger charge is -2.10. The number of fused-ring (bicyclic) bond motifs is 1. The lowest BCUT2D eigenvalue weighted by molar-refractivity contribution is 0.102. The lowest BCUT2D eigenvalue weighted by atomic mass is 10.1. The summed E-state index contributed by atoms with van der Waals surface area (Å²) in [6, 6.07) is 19.4. The number of nitrogens with one attached hydrogen (secondary N) is 2. The number of H-pyrrole nitrogens is 1. The molecule has 8 heteroatoms. The molecule has 0 bridgehead atoms. The number of anilines is 1. The fourth-order valence-corrected chi connectivity index (χ4v) is 3.77. The Balaban J connectivity index is 1.64. The van der Waals surface area contributed by atoms with Crippen LogP contribution in [0.1, 0.15) is 15.9 Å². The highest BCUT2D eigenvalue weighted by molar-refractivity contribution is 7.71. The fourth-order valence-electron chi connectivity index (χ4n) is 3.25. The molecule has 0 saturated heterocycles. The van der Waals surface area contributed by atoms with Gasteiger partial charge < -0.3 is 15.0 Å². The van der Waals surface area contributed by atoms with Gasteiger partial charge in [-0.15, -0.1) is 0 Å². The number of aromatic nitrogens is 2. The molecule has 0 aliphatic rings. The van der Waals surface area contributed by atoms with E-state index >= 15 is 0 Å². The number of rotatable bonds is 5. The maximum atomic E-state index is 13.0. The standard InChI is InChI=1S/C23H18ClN3O3S/c1-30-20-10-8-16(12-18(20)24)25-21(28)15-7-9-17-19(11-15)26-23(31)27(22(17)29)13-14-5-3-2-4-6-14/h2-12H,13H2,1H3,(H,25,28)(H,26,31). The monoisotopic (exact) mass is 451 g/mol. The predicted molar refractivity (Wildman–Crippen MR) is 125 cm³/mol. The van der Waals surface area contributed by atoms with E-state index in [0.29, 0.717) is 44.2 Å². The molecule has 0 fully saturated rings. The van der Waals surface area contributed by atoms with Crippen LogP contribution in [0.3, 0.4) is 0 Å². The van der Waals surface area contributed by atoms with Crippen LogP contribution in [0, 0.1) is 4.77 Å². The molecule has 0 atom stereocenters. The van der Waals surface area contributed by atoms with Gasteiger partial charge in [-0.1, -0.05) is 41.9 Å². The van der Waals surface area contributed by atoms with Crippen molar-refractivity contribution >= 4 is 46.3 Å². The van der Waals surface area contributed by atoms with Crippen LogP contribution in [0.15, 0.2) is 71.5 Å². The van der Waals surface area contributed by atoms with Gasteiger partial charge >= 0.3 is 0 Å². The third-order valence-corrected chi connectivity index (χ3v) is 5.46. The average Bonchev–Trinajstić information content (AvgIpc) is 2.77. The molecule has 0 radical (unpaired) electrons. The first-order valence-corrected chi connectivity index (χ1v) is 10.2. The lowest BCUT2D eigenvalue weighted by Crippen LogP contribution is -2.23. The summed E-state index contributed by atoms with van der Waals surface area (Å²) in [4.78, 5) is 28.7.